The number of fused-ring (bicyclic) bond motifs is 1. The van der Waals surface area contributed by atoms with Crippen LogP contribution in [0.25, 0.3) is 10.8 Å². The summed E-state index contributed by atoms with van der Waals surface area (Å²) in [6.07, 6.45) is 3.53. The second-order valence-electron chi connectivity index (χ2n) is 5.86. The molecule has 3 rings (SSSR count). The van der Waals surface area contributed by atoms with Crippen molar-refractivity contribution < 1.29 is 14.6 Å². The van der Waals surface area contributed by atoms with Crippen LogP contribution in [0.4, 0.5) is 0 Å². The zero-order valence-corrected chi connectivity index (χ0v) is 12.2. The Morgan fingerprint density at radius 1 is 1.05 bits per heavy atom. The van der Waals surface area contributed by atoms with Crippen molar-refractivity contribution in [3.63, 3.8) is 0 Å². The van der Waals surface area contributed by atoms with Gasteiger partial charge in [0.1, 0.15) is 5.75 Å². The highest BCUT2D eigenvalue weighted by Crippen LogP contribution is 2.37. The average Bonchev–Trinajstić information content (AvgIpc) is 2.54. The first-order valence-electron chi connectivity index (χ1n) is 7.48. The molecule has 3 nitrogen and oxygen atoms in total. The third-order valence-electron chi connectivity index (χ3n) is 4.62. The van der Waals surface area contributed by atoms with Crippen molar-refractivity contribution in [2.75, 3.05) is 7.11 Å². The number of aliphatic carboxylic acids is 1. The second-order valence-corrected chi connectivity index (χ2v) is 5.86. The highest BCUT2D eigenvalue weighted by molar-refractivity contribution is 5.84. The standard InChI is InChI=1S/C18H20O3/c1-21-17-9-8-15-10-14(6-7-16(15)11-17)12-2-4-13(5-3-12)18(19)20/h6-13H,2-5H2,1H3,(H,19,20). The molecule has 0 aliphatic heterocycles. The maximum atomic E-state index is 11.0. The van der Waals surface area contributed by atoms with Gasteiger partial charge in [0, 0.05) is 0 Å². The highest BCUT2D eigenvalue weighted by Gasteiger charge is 2.26. The average molecular weight is 284 g/mol. The number of ether oxygens (including phenoxy) is 1. The van der Waals surface area contributed by atoms with E-state index in [0.717, 1.165) is 31.4 Å². The van der Waals surface area contributed by atoms with Crippen LogP contribution in [0, 0.1) is 5.92 Å². The van der Waals surface area contributed by atoms with Gasteiger partial charge in [-0.25, -0.2) is 0 Å². The zero-order chi connectivity index (χ0) is 14.8. The minimum absolute atomic E-state index is 0.147. The molecule has 1 aliphatic rings. The molecular formula is C18H20O3. The number of hydrogen-bond donors (Lipinski definition) is 1. The molecule has 0 heterocycles. The fraction of sp³-hybridized carbons (Fsp3) is 0.389. The van der Waals surface area contributed by atoms with E-state index >= 15 is 0 Å². The van der Waals surface area contributed by atoms with E-state index in [1.54, 1.807) is 7.11 Å². The Kier molecular flexibility index (Phi) is 3.82. The van der Waals surface area contributed by atoms with Crippen LogP contribution in [-0.2, 0) is 4.79 Å². The molecule has 0 unspecified atom stereocenters. The molecule has 0 amide bonds. The van der Waals surface area contributed by atoms with Crippen LogP contribution < -0.4 is 4.74 Å². The third-order valence-corrected chi connectivity index (χ3v) is 4.62. The Bertz CT molecular complexity index is 655. The molecule has 0 bridgehead atoms. The van der Waals surface area contributed by atoms with Gasteiger partial charge in [-0.05, 0) is 60.1 Å². The van der Waals surface area contributed by atoms with E-state index in [4.69, 9.17) is 9.84 Å². The molecule has 0 atom stereocenters. The summed E-state index contributed by atoms with van der Waals surface area (Å²) < 4.78 is 5.25. The van der Waals surface area contributed by atoms with Crippen molar-refractivity contribution in [2.45, 2.75) is 31.6 Å². The zero-order valence-electron chi connectivity index (χ0n) is 12.2. The fourth-order valence-corrected chi connectivity index (χ4v) is 3.30. The van der Waals surface area contributed by atoms with Crippen LogP contribution in [0.1, 0.15) is 37.2 Å². The van der Waals surface area contributed by atoms with E-state index in [1.165, 1.54) is 16.3 Å². The van der Waals surface area contributed by atoms with Gasteiger partial charge in [-0.3, -0.25) is 4.79 Å². The summed E-state index contributed by atoms with van der Waals surface area (Å²) in [6.45, 7) is 0. The van der Waals surface area contributed by atoms with Gasteiger partial charge in [0.25, 0.3) is 0 Å². The first-order valence-corrected chi connectivity index (χ1v) is 7.48. The molecule has 1 fully saturated rings. The lowest BCUT2D eigenvalue weighted by Crippen LogP contribution is -2.20. The quantitative estimate of drug-likeness (QED) is 0.918. The summed E-state index contributed by atoms with van der Waals surface area (Å²) in [7, 11) is 1.68. The summed E-state index contributed by atoms with van der Waals surface area (Å²) in [4.78, 5) is 11.0. The largest absolute Gasteiger partial charge is 0.497 e. The van der Waals surface area contributed by atoms with E-state index in [1.807, 2.05) is 12.1 Å². The van der Waals surface area contributed by atoms with Gasteiger partial charge in [0.2, 0.25) is 0 Å². The molecule has 2 aromatic rings. The normalized spacial score (nSPS) is 22.1. The summed E-state index contributed by atoms with van der Waals surface area (Å²) in [5.74, 6) is 0.578. The second kappa shape index (κ2) is 5.76. The maximum absolute atomic E-state index is 11.0. The van der Waals surface area contributed by atoms with Crippen LogP contribution >= 0.6 is 0 Å². The van der Waals surface area contributed by atoms with Crippen molar-refractivity contribution >= 4 is 16.7 Å². The van der Waals surface area contributed by atoms with Gasteiger partial charge >= 0.3 is 5.97 Å². The minimum atomic E-state index is -0.640. The number of carbonyl (C=O) groups is 1. The van der Waals surface area contributed by atoms with E-state index in [-0.39, 0.29) is 5.92 Å². The van der Waals surface area contributed by atoms with Crippen molar-refractivity contribution in [3.05, 3.63) is 42.0 Å². The molecule has 1 N–H and O–H groups in total. The lowest BCUT2D eigenvalue weighted by atomic mass is 9.78. The van der Waals surface area contributed by atoms with E-state index in [0.29, 0.717) is 5.92 Å². The SMILES string of the molecule is COc1ccc2cc(C3CCC(C(=O)O)CC3)ccc2c1. The van der Waals surface area contributed by atoms with Crippen LogP contribution in [0.15, 0.2) is 36.4 Å². The third kappa shape index (κ3) is 2.87. The number of rotatable bonds is 3. The fourth-order valence-electron chi connectivity index (χ4n) is 3.30. The van der Waals surface area contributed by atoms with E-state index in [2.05, 4.69) is 24.3 Å². The first-order chi connectivity index (χ1) is 10.2. The molecule has 110 valence electrons. The Labute approximate surface area is 124 Å². The monoisotopic (exact) mass is 284 g/mol. The predicted octanol–water partition coefficient (Wildman–Crippen LogP) is 4.21. The molecule has 1 saturated carbocycles. The van der Waals surface area contributed by atoms with Crippen molar-refractivity contribution in [3.8, 4) is 5.75 Å². The molecule has 0 aromatic heterocycles. The molecule has 2 aromatic carbocycles. The van der Waals surface area contributed by atoms with Crippen LogP contribution in [-0.4, -0.2) is 18.2 Å². The summed E-state index contributed by atoms with van der Waals surface area (Å²) in [5, 5.41) is 11.5. The maximum Gasteiger partial charge on any atom is 0.306 e. The smallest absolute Gasteiger partial charge is 0.306 e. The van der Waals surface area contributed by atoms with Crippen LogP contribution in [0.2, 0.25) is 0 Å². The highest BCUT2D eigenvalue weighted by atomic mass is 16.5. The van der Waals surface area contributed by atoms with Crippen molar-refractivity contribution in [1.29, 1.82) is 0 Å². The minimum Gasteiger partial charge on any atom is -0.497 e. The van der Waals surface area contributed by atoms with Crippen molar-refractivity contribution in [1.82, 2.24) is 0 Å². The number of carboxylic acids is 1. The lowest BCUT2D eigenvalue weighted by Gasteiger charge is -2.26. The number of methoxy groups -OCH3 is 1. The Balaban J connectivity index is 1.80. The van der Waals surface area contributed by atoms with Crippen molar-refractivity contribution in [2.24, 2.45) is 5.92 Å². The molecule has 0 spiro atoms. The van der Waals surface area contributed by atoms with Gasteiger partial charge in [0.15, 0.2) is 0 Å². The number of carboxylic acid groups (broad SMARTS) is 1. The lowest BCUT2D eigenvalue weighted by molar-refractivity contribution is -0.142. The van der Waals surface area contributed by atoms with Gasteiger partial charge in [-0.15, -0.1) is 0 Å². The topological polar surface area (TPSA) is 46.5 Å². The Morgan fingerprint density at radius 3 is 2.38 bits per heavy atom. The van der Waals surface area contributed by atoms with Gasteiger partial charge < -0.3 is 9.84 Å². The number of hydrogen-bond acceptors (Lipinski definition) is 2. The summed E-state index contributed by atoms with van der Waals surface area (Å²) >= 11 is 0. The summed E-state index contributed by atoms with van der Waals surface area (Å²) in [6, 6.07) is 12.7. The van der Waals surface area contributed by atoms with Crippen LogP contribution in [0.5, 0.6) is 5.75 Å². The number of benzene rings is 2. The molecule has 3 heteroatoms. The van der Waals surface area contributed by atoms with Gasteiger partial charge in [-0.1, -0.05) is 24.3 Å². The molecule has 21 heavy (non-hydrogen) atoms. The van der Waals surface area contributed by atoms with E-state index < -0.39 is 5.97 Å². The molecular weight excluding hydrogens is 264 g/mol. The molecule has 0 radical (unpaired) electrons. The predicted molar refractivity (Wildman–Crippen MR) is 82.8 cm³/mol. The van der Waals surface area contributed by atoms with Gasteiger partial charge in [-0.2, -0.15) is 0 Å². The van der Waals surface area contributed by atoms with Crippen LogP contribution in [0.3, 0.4) is 0 Å². The Morgan fingerprint density at radius 2 is 1.71 bits per heavy atom. The molecule has 0 saturated heterocycles. The van der Waals surface area contributed by atoms with Gasteiger partial charge in [0.05, 0.1) is 13.0 Å². The first kappa shape index (κ1) is 13.9. The molecule has 1 aliphatic carbocycles. The Hall–Kier alpha value is -2.03. The summed E-state index contributed by atoms with van der Waals surface area (Å²) in [5.41, 5.74) is 1.33. The van der Waals surface area contributed by atoms with E-state index in [9.17, 15) is 4.79 Å².